The van der Waals surface area contributed by atoms with Crippen LogP contribution in [0, 0.1) is 15.9 Å². The number of nitrogens with zero attached hydrogens (tertiary/aromatic N) is 5. The SMILES string of the molecule is O=C(COCc1ccccc1)N1CCN(Cc2c(-c3ccc(F)cc3)nc3ccc(-c4cccc([N+](=O)[O-])c4)cn23)CC1. The Morgan fingerprint density at radius 2 is 1.63 bits per heavy atom. The molecule has 2 aromatic heterocycles. The van der Waals surface area contributed by atoms with Gasteiger partial charge in [0.1, 0.15) is 18.1 Å². The van der Waals surface area contributed by atoms with Gasteiger partial charge in [0.15, 0.2) is 0 Å². The van der Waals surface area contributed by atoms with Crippen LogP contribution < -0.4 is 0 Å². The van der Waals surface area contributed by atoms with Gasteiger partial charge in [-0.2, -0.15) is 0 Å². The number of carbonyl (C=O) groups is 1. The zero-order valence-electron chi connectivity index (χ0n) is 23.4. The summed E-state index contributed by atoms with van der Waals surface area (Å²) in [6.07, 6.45) is 1.94. The number of hydrogen-bond donors (Lipinski definition) is 0. The maximum atomic E-state index is 13.8. The van der Waals surface area contributed by atoms with E-state index in [2.05, 4.69) is 4.90 Å². The average molecular weight is 580 g/mol. The molecule has 43 heavy (non-hydrogen) atoms. The van der Waals surface area contributed by atoms with Crippen LogP contribution in [0.3, 0.4) is 0 Å². The highest BCUT2D eigenvalue weighted by Gasteiger charge is 2.24. The third-order valence-corrected chi connectivity index (χ3v) is 7.66. The predicted molar refractivity (Wildman–Crippen MR) is 161 cm³/mol. The fourth-order valence-corrected chi connectivity index (χ4v) is 5.34. The number of benzene rings is 3. The monoisotopic (exact) mass is 579 g/mol. The summed E-state index contributed by atoms with van der Waals surface area (Å²) in [6, 6.07) is 26.4. The lowest BCUT2D eigenvalue weighted by molar-refractivity contribution is -0.384. The summed E-state index contributed by atoms with van der Waals surface area (Å²) in [6.45, 7) is 3.49. The number of ether oxygens (including phenoxy) is 1. The lowest BCUT2D eigenvalue weighted by Gasteiger charge is -2.34. The highest BCUT2D eigenvalue weighted by Crippen LogP contribution is 2.30. The lowest BCUT2D eigenvalue weighted by atomic mass is 10.1. The van der Waals surface area contributed by atoms with Gasteiger partial charge in [0.05, 0.1) is 22.9 Å². The van der Waals surface area contributed by atoms with E-state index in [-0.39, 0.29) is 24.0 Å². The maximum Gasteiger partial charge on any atom is 0.270 e. The molecule has 1 saturated heterocycles. The van der Waals surface area contributed by atoms with Gasteiger partial charge in [-0.25, -0.2) is 9.37 Å². The van der Waals surface area contributed by atoms with Gasteiger partial charge < -0.3 is 14.0 Å². The summed E-state index contributed by atoms with van der Waals surface area (Å²) in [5.41, 5.74) is 5.75. The minimum atomic E-state index is -0.406. The van der Waals surface area contributed by atoms with E-state index in [0.29, 0.717) is 45.0 Å². The summed E-state index contributed by atoms with van der Waals surface area (Å²) in [4.78, 5) is 32.7. The van der Waals surface area contributed by atoms with Gasteiger partial charge in [0, 0.05) is 56.6 Å². The van der Waals surface area contributed by atoms with Crippen LogP contribution in [0.1, 0.15) is 11.3 Å². The second-order valence-corrected chi connectivity index (χ2v) is 10.5. The number of halogens is 1. The zero-order valence-corrected chi connectivity index (χ0v) is 23.4. The van der Waals surface area contributed by atoms with Crippen molar-refractivity contribution in [2.45, 2.75) is 13.2 Å². The van der Waals surface area contributed by atoms with E-state index in [9.17, 15) is 19.3 Å². The smallest absolute Gasteiger partial charge is 0.270 e. The van der Waals surface area contributed by atoms with E-state index in [4.69, 9.17) is 9.72 Å². The number of nitro benzene ring substituents is 1. The van der Waals surface area contributed by atoms with E-state index in [1.165, 1.54) is 18.2 Å². The molecule has 3 aromatic carbocycles. The second-order valence-electron chi connectivity index (χ2n) is 10.5. The van der Waals surface area contributed by atoms with Gasteiger partial charge in [0.2, 0.25) is 5.91 Å². The van der Waals surface area contributed by atoms with Crippen LogP contribution in [-0.2, 0) is 22.7 Å². The molecule has 0 unspecified atom stereocenters. The number of hydrogen-bond acceptors (Lipinski definition) is 6. The summed E-state index contributed by atoms with van der Waals surface area (Å²) in [7, 11) is 0. The standard InChI is InChI=1S/C33H30FN5O4/c34-28-12-9-25(10-13-28)33-30(38-20-27(11-14-31(38)35-33)26-7-4-8-29(19-26)39(41)42)21-36-15-17-37(18-16-36)32(40)23-43-22-24-5-2-1-3-6-24/h1-14,19-20H,15-18,21-23H2. The van der Waals surface area contributed by atoms with Gasteiger partial charge >= 0.3 is 0 Å². The molecule has 218 valence electrons. The number of amides is 1. The predicted octanol–water partition coefficient (Wildman–Crippen LogP) is 5.58. The maximum absolute atomic E-state index is 13.8. The highest BCUT2D eigenvalue weighted by atomic mass is 19.1. The summed E-state index contributed by atoms with van der Waals surface area (Å²) in [5.74, 6) is -0.352. The third kappa shape index (κ3) is 6.45. The molecule has 6 rings (SSSR count). The number of non-ortho nitro benzene ring substituents is 1. The van der Waals surface area contributed by atoms with Crippen LogP contribution in [0.5, 0.6) is 0 Å². The Hall–Kier alpha value is -4.93. The van der Waals surface area contributed by atoms with Crippen molar-refractivity contribution < 1.29 is 18.8 Å². The Balaban J connectivity index is 1.21. The van der Waals surface area contributed by atoms with Crippen molar-refractivity contribution >= 4 is 17.2 Å². The van der Waals surface area contributed by atoms with E-state index < -0.39 is 4.92 Å². The first kappa shape index (κ1) is 28.2. The van der Waals surface area contributed by atoms with E-state index >= 15 is 0 Å². The summed E-state index contributed by atoms with van der Waals surface area (Å²) < 4.78 is 21.4. The summed E-state index contributed by atoms with van der Waals surface area (Å²) in [5, 5.41) is 11.4. The molecule has 1 amide bonds. The number of aromatic nitrogens is 2. The van der Waals surface area contributed by atoms with Gasteiger partial charge in [0.25, 0.3) is 5.69 Å². The molecule has 0 atom stereocenters. The molecule has 1 aliphatic rings. The Kier molecular flexibility index (Phi) is 8.21. The van der Waals surface area contributed by atoms with Crippen molar-refractivity contribution in [1.82, 2.24) is 19.2 Å². The number of carbonyl (C=O) groups excluding carboxylic acids is 1. The number of rotatable bonds is 9. The number of piperazine rings is 1. The van der Waals surface area contributed by atoms with Crippen LogP contribution in [0.2, 0.25) is 0 Å². The van der Waals surface area contributed by atoms with Crippen LogP contribution in [0.25, 0.3) is 28.0 Å². The molecular weight excluding hydrogens is 549 g/mol. The Labute approximate surface area is 247 Å². The Morgan fingerprint density at radius 3 is 2.37 bits per heavy atom. The van der Waals surface area contributed by atoms with Crippen molar-refractivity contribution in [3.05, 3.63) is 124 Å². The van der Waals surface area contributed by atoms with Crippen LogP contribution in [0.4, 0.5) is 10.1 Å². The molecule has 10 heteroatoms. The molecule has 1 fully saturated rings. The molecule has 9 nitrogen and oxygen atoms in total. The highest BCUT2D eigenvalue weighted by molar-refractivity contribution is 5.77. The van der Waals surface area contributed by atoms with Crippen LogP contribution in [0.15, 0.2) is 97.2 Å². The van der Waals surface area contributed by atoms with Gasteiger partial charge in [-0.15, -0.1) is 0 Å². The first-order chi connectivity index (χ1) is 20.9. The lowest BCUT2D eigenvalue weighted by Crippen LogP contribution is -2.49. The van der Waals surface area contributed by atoms with E-state index in [1.54, 1.807) is 24.3 Å². The molecule has 0 radical (unpaired) electrons. The molecule has 3 heterocycles. The van der Waals surface area contributed by atoms with Crippen LogP contribution >= 0.6 is 0 Å². The quantitative estimate of drug-likeness (QED) is 0.167. The van der Waals surface area contributed by atoms with E-state index in [1.807, 2.05) is 64.0 Å². The molecule has 5 aromatic rings. The zero-order chi connectivity index (χ0) is 29.8. The van der Waals surface area contributed by atoms with E-state index in [0.717, 1.165) is 33.6 Å². The van der Waals surface area contributed by atoms with Gasteiger partial charge in [-0.1, -0.05) is 42.5 Å². The third-order valence-electron chi connectivity index (χ3n) is 7.66. The van der Waals surface area contributed by atoms with Crippen molar-refractivity contribution in [2.24, 2.45) is 0 Å². The van der Waals surface area contributed by atoms with Gasteiger partial charge in [-0.05, 0) is 53.1 Å². The minimum absolute atomic E-state index is 0.0216. The first-order valence-electron chi connectivity index (χ1n) is 14.1. The van der Waals surface area contributed by atoms with Crippen molar-refractivity contribution in [3.63, 3.8) is 0 Å². The molecular formula is C33H30FN5O4. The van der Waals surface area contributed by atoms with Crippen molar-refractivity contribution in [2.75, 3.05) is 32.8 Å². The molecule has 0 N–H and O–H groups in total. The Morgan fingerprint density at radius 1 is 0.884 bits per heavy atom. The minimum Gasteiger partial charge on any atom is -0.367 e. The van der Waals surface area contributed by atoms with Crippen LogP contribution in [-0.4, -0.2) is 62.8 Å². The number of fused-ring (bicyclic) bond motifs is 1. The molecule has 0 spiro atoms. The topological polar surface area (TPSA) is 93.2 Å². The Bertz CT molecular complexity index is 1750. The normalized spacial score (nSPS) is 13.8. The van der Waals surface area contributed by atoms with Gasteiger partial charge in [-0.3, -0.25) is 19.8 Å². The number of imidazole rings is 1. The largest absolute Gasteiger partial charge is 0.367 e. The fraction of sp³-hybridized carbons (Fsp3) is 0.212. The molecule has 1 aliphatic heterocycles. The van der Waals surface area contributed by atoms with Crippen molar-refractivity contribution in [3.8, 4) is 22.4 Å². The van der Waals surface area contributed by atoms with Crippen molar-refractivity contribution in [1.29, 1.82) is 0 Å². The number of pyridine rings is 1. The first-order valence-corrected chi connectivity index (χ1v) is 14.1. The second kappa shape index (κ2) is 12.5. The fourth-order valence-electron chi connectivity index (χ4n) is 5.34. The summed E-state index contributed by atoms with van der Waals surface area (Å²) >= 11 is 0. The average Bonchev–Trinajstić information content (AvgIpc) is 3.39. The molecule has 0 aliphatic carbocycles. The molecule has 0 saturated carbocycles. The number of nitro groups is 1. The molecule has 0 bridgehead atoms.